The zero-order chi connectivity index (χ0) is 15.2. The minimum Gasteiger partial charge on any atom is -0.486 e. The second-order valence-corrected chi connectivity index (χ2v) is 5.78. The monoisotopic (exact) mass is 297 g/mol. The Kier molecular flexibility index (Phi) is 4.96. The molecule has 0 aliphatic carbocycles. The topological polar surface area (TPSA) is 30.5 Å². The number of ether oxygens (including phenoxy) is 2. The molecule has 0 fully saturated rings. The summed E-state index contributed by atoms with van der Waals surface area (Å²) in [6.07, 6.45) is 2.24. The van der Waals surface area contributed by atoms with Crippen LogP contribution in [0.4, 0.5) is 0 Å². The highest BCUT2D eigenvalue weighted by molar-refractivity contribution is 5.43. The summed E-state index contributed by atoms with van der Waals surface area (Å²) >= 11 is 0. The third-order valence-corrected chi connectivity index (χ3v) is 3.97. The van der Waals surface area contributed by atoms with Crippen molar-refractivity contribution in [1.29, 1.82) is 0 Å². The quantitative estimate of drug-likeness (QED) is 0.884. The number of nitrogens with one attached hydrogen (secondary N) is 1. The van der Waals surface area contributed by atoms with Gasteiger partial charge < -0.3 is 14.8 Å². The van der Waals surface area contributed by atoms with Gasteiger partial charge in [-0.25, -0.2) is 0 Å². The van der Waals surface area contributed by atoms with Gasteiger partial charge in [0.05, 0.1) is 0 Å². The number of aryl methyl sites for hydroxylation is 1. The van der Waals surface area contributed by atoms with E-state index in [1.54, 1.807) is 0 Å². The van der Waals surface area contributed by atoms with Crippen molar-refractivity contribution in [2.75, 3.05) is 13.2 Å². The molecule has 2 aromatic carbocycles. The lowest BCUT2D eigenvalue weighted by molar-refractivity contribution is 0.171. The molecule has 0 bridgehead atoms. The van der Waals surface area contributed by atoms with Crippen LogP contribution in [0.1, 0.15) is 24.5 Å². The molecule has 1 N–H and O–H groups in total. The lowest BCUT2D eigenvalue weighted by atomic mass is 10.1. The van der Waals surface area contributed by atoms with E-state index in [9.17, 15) is 0 Å². The smallest absolute Gasteiger partial charge is 0.161 e. The summed E-state index contributed by atoms with van der Waals surface area (Å²) in [6, 6.07) is 17.3. The van der Waals surface area contributed by atoms with Crippen LogP contribution in [0.25, 0.3) is 0 Å². The molecule has 0 amide bonds. The maximum absolute atomic E-state index is 5.62. The number of hydrogen-bond acceptors (Lipinski definition) is 3. The molecule has 22 heavy (non-hydrogen) atoms. The van der Waals surface area contributed by atoms with E-state index in [1.165, 1.54) is 11.1 Å². The van der Waals surface area contributed by atoms with Crippen molar-refractivity contribution < 1.29 is 9.47 Å². The first kappa shape index (κ1) is 14.9. The molecule has 0 saturated carbocycles. The molecule has 0 saturated heterocycles. The van der Waals surface area contributed by atoms with Gasteiger partial charge in [0.25, 0.3) is 0 Å². The first-order valence-corrected chi connectivity index (χ1v) is 7.97. The van der Waals surface area contributed by atoms with Crippen molar-refractivity contribution in [3.63, 3.8) is 0 Å². The van der Waals surface area contributed by atoms with E-state index >= 15 is 0 Å². The van der Waals surface area contributed by atoms with Crippen molar-refractivity contribution in [3.05, 3.63) is 59.7 Å². The van der Waals surface area contributed by atoms with Crippen LogP contribution in [0.2, 0.25) is 0 Å². The maximum atomic E-state index is 5.62. The minimum absolute atomic E-state index is 0.480. The largest absolute Gasteiger partial charge is 0.486 e. The van der Waals surface area contributed by atoms with E-state index in [0.717, 1.165) is 30.9 Å². The average molecular weight is 297 g/mol. The van der Waals surface area contributed by atoms with Crippen molar-refractivity contribution in [1.82, 2.24) is 5.32 Å². The van der Waals surface area contributed by atoms with Crippen LogP contribution < -0.4 is 14.8 Å². The Morgan fingerprint density at radius 1 is 0.955 bits per heavy atom. The third kappa shape index (κ3) is 4.01. The van der Waals surface area contributed by atoms with Crippen LogP contribution in [0, 0.1) is 0 Å². The van der Waals surface area contributed by atoms with Crippen molar-refractivity contribution in [2.45, 2.75) is 32.4 Å². The van der Waals surface area contributed by atoms with E-state index in [2.05, 4.69) is 54.7 Å². The fourth-order valence-corrected chi connectivity index (χ4v) is 2.62. The van der Waals surface area contributed by atoms with Gasteiger partial charge in [0.1, 0.15) is 13.2 Å². The van der Waals surface area contributed by atoms with E-state index in [4.69, 9.17) is 9.47 Å². The molecule has 1 aliphatic heterocycles. The van der Waals surface area contributed by atoms with E-state index in [0.29, 0.717) is 19.3 Å². The normalized spacial score (nSPS) is 14.6. The van der Waals surface area contributed by atoms with Crippen LogP contribution in [0.5, 0.6) is 11.5 Å². The number of fused-ring (bicyclic) bond motifs is 1. The molecule has 0 spiro atoms. The molecule has 0 radical (unpaired) electrons. The maximum Gasteiger partial charge on any atom is 0.161 e. The van der Waals surface area contributed by atoms with Gasteiger partial charge in [-0.05, 0) is 43.0 Å². The van der Waals surface area contributed by atoms with Crippen LogP contribution >= 0.6 is 0 Å². The van der Waals surface area contributed by atoms with Crippen LogP contribution in [0.3, 0.4) is 0 Å². The van der Waals surface area contributed by atoms with Gasteiger partial charge in [-0.15, -0.1) is 0 Å². The van der Waals surface area contributed by atoms with Gasteiger partial charge in [-0.3, -0.25) is 0 Å². The molecule has 1 unspecified atom stereocenters. The summed E-state index contributed by atoms with van der Waals surface area (Å²) in [5.41, 5.74) is 2.63. The van der Waals surface area contributed by atoms with Crippen LogP contribution in [-0.2, 0) is 13.0 Å². The fourth-order valence-electron chi connectivity index (χ4n) is 2.62. The molecule has 1 heterocycles. The second kappa shape index (κ2) is 7.32. The zero-order valence-corrected chi connectivity index (χ0v) is 13.0. The van der Waals surface area contributed by atoms with Crippen molar-refractivity contribution in [3.8, 4) is 11.5 Å². The summed E-state index contributed by atoms with van der Waals surface area (Å²) in [6.45, 7) is 4.37. The highest BCUT2D eigenvalue weighted by Gasteiger charge is 2.11. The first-order valence-electron chi connectivity index (χ1n) is 7.97. The van der Waals surface area contributed by atoms with Crippen molar-refractivity contribution in [2.24, 2.45) is 0 Å². The zero-order valence-electron chi connectivity index (χ0n) is 13.0. The molecule has 2 aromatic rings. The highest BCUT2D eigenvalue weighted by atomic mass is 16.6. The predicted octanol–water partition coefficient (Wildman–Crippen LogP) is 3.57. The molecule has 3 rings (SSSR count). The molecule has 116 valence electrons. The summed E-state index contributed by atoms with van der Waals surface area (Å²) in [5.74, 6) is 1.72. The molecule has 0 aromatic heterocycles. The van der Waals surface area contributed by atoms with Gasteiger partial charge >= 0.3 is 0 Å². The Bertz CT molecular complexity index is 598. The lowest BCUT2D eigenvalue weighted by Gasteiger charge is -2.19. The summed E-state index contributed by atoms with van der Waals surface area (Å²) < 4.78 is 11.2. The summed E-state index contributed by atoms with van der Waals surface area (Å²) in [5, 5.41) is 3.58. The minimum atomic E-state index is 0.480. The molecular weight excluding hydrogens is 274 g/mol. The van der Waals surface area contributed by atoms with Gasteiger partial charge in [0.2, 0.25) is 0 Å². The summed E-state index contributed by atoms with van der Waals surface area (Å²) in [4.78, 5) is 0. The Morgan fingerprint density at radius 2 is 1.73 bits per heavy atom. The molecule has 3 heteroatoms. The third-order valence-electron chi connectivity index (χ3n) is 3.97. The molecule has 1 aliphatic rings. The Labute approximate surface area is 132 Å². The second-order valence-electron chi connectivity index (χ2n) is 5.78. The number of benzene rings is 2. The van der Waals surface area contributed by atoms with E-state index < -0.39 is 0 Å². The van der Waals surface area contributed by atoms with Crippen LogP contribution in [0.15, 0.2) is 48.5 Å². The average Bonchev–Trinajstić information content (AvgIpc) is 2.59. The van der Waals surface area contributed by atoms with Gasteiger partial charge in [-0.2, -0.15) is 0 Å². The van der Waals surface area contributed by atoms with E-state index in [-0.39, 0.29) is 0 Å². The van der Waals surface area contributed by atoms with Crippen molar-refractivity contribution >= 4 is 0 Å². The van der Waals surface area contributed by atoms with Gasteiger partial charge in [-0.1, -0.05) is 36.4 Å². The lowest BCUT2D eigenvalue weighted by Crippen LogP contribution is -2.26. The Balaban J connectivity index is 1.47. The predicted molar refractivity (Wildman–Crippen MR) is 88.5 cm³/mol. The standard InChI is InChI=1S/C19H23NO2/c1-15(7-8-16-5-3-2-4-6-16)20-14-17-9-10-18-19(13-17)22-12-11-21-18/h2-6,9-10,13,15,20H,7-8,11-12,14H2,1H3. The Hall–Kier alpha value is -2.00. The van der Waals surface area contributed by atoms with E-state index in [1.807, 2.05) is 6.07 Å². The fraction of sp³-hybridized carbons (Fsp3) is 0.368. The highest BCUT2D eigenvalue weighted by Crippen LogP contribution is 2.30. The van der Waals surface area contributed by atoms with Gasteiger partial charge in [0, 0.05) is 12.6 Å². The van der Waals surface area contributed by atoms with Gasteiger partial charge in [0.15, 0.2) is 11.5 Å². The SMILES string of the molecule is CC(CCc1ccccc1)NCc1ccc2c(c1)OCCO2. The molecule has 3 nitrogen and oxygen atoms in total. The summed E-state index contributed by atoms with van der Waals surface area (Å²) in [7, 11) is 0. The van der Waals surface area contributed by atoms with Crippen LogP contribution in [-0.4, -0.2) is 19.3 Å². The number of rotatable bonds is 6. The molecular formula is C19H23NO2. The number of hydrogen-bond donors (Lipinski definition) is 1. The Morgan fingerprint density at radius 3 is 2.55 bits per heavy atom. The molecule has 1 atom stereocenters. The first-order chi connectivity index (χ1) is 10.8.